The lowest BCUT2D eigenvalue weighted by Gasteiger charge is -2.30. The van der Waals surface area contributed by atoms with Crippen LogP contribution in [0.4, 0.5) is 18.9 Å². The van der Waals surface area contributed by atoms with E-state index in [2.05, 4.69) is 20.5 Å². The van der Waals surface area contributed by atoms with E-state index in [1.165, 1.54) is 11.9 Å². The van der Waals surface area contributed by atoms with Gasteiger partial charge in [-0.05, 0) is 19.4 Å². The molecule has 2 aromatic heterocycles. The van der Waals surface area contributed by atoms with Crippen molar-refractivity contribution in [1.29, 1.82) is 0 Å². The summed E-state index contributed by atoms with van der Waals surface area (Å²) in [7, 11) is 1.51. The highest BCUT2D eigenvalue weighted by Crippen LogP contribution is 2.31. The van der Waals surface area contributed by atoms with E-state index < -0.39 is 23.9 Å². The zero-order chi connectivity index (χ0) is 19.3. The Labute approximate surface area is 153 Å². The van der Waals surface area contributed by atoms with Crippen LogP contribution in [0.3, 0.4) is 0 Å². The van der Waals surface area contributed by atoms with Crippen molar-refractivity contribution >= 4 is 11.5 Å². The molecule has 4 heterocycles. The molecule has 11 heteroatoms. The summed E-state index contributed by atoms with van der Waals surface area (Å²) in [5, 5.41) is 11.9. The smallest absolute Gasteiger partial charge is 0.383 e. The van der Waals surface area contributed by atoms with Gasteiger partial charge in [0.1, 0.15) is 11.4 Å². The number of hydrogen-bond acceptors (Lipinski definition) is 6. The van der Waals surface area contributed by atoms with E-state index in [1.54, 1.807) is 6.20 Å². The molecule has 27 heavy (non-hydrogen) atoms. The Morgan fingerprint density at radius 3 is 2.85 bits per heavy atom. The number of nitrogens with zero attached hydrogens (tertiary/aromatic N) is 6. The van der Waals surface area contributed by atoms with E-state index in [9.17, 15) is 13.2 Å². The van der Waals surface area contributed by atoms with E-state index in [0.29, 0.717) is 5.69 Å². The fourth-order valence-electron chi connectivity index (χ4n) is 3.38. The average Bonchev–Trinajstić information content (AvgIpc) is 3.25. The predicted octanol–water partition coefficient (Wildman–Crippen LogP) is 1.83. The number of amidine groups is 1. The average molecular weight is 380 g/mol. The van der Waals surface area contributed by atoms with E-state index in [-0.39, 0.29) is 6.04 Å². The van der Waals surface area contributed by atoms with Gasteiger partial charge in [0.15, 0.2) is 6.29 Å². The van der Waals surface area contributed by atoms with E-state index in [4.69, 9.17) is 5.73 Å². The molecule has 2 aliphatic rings. The molecule has 0 aromatic carbocycles. The molecule has 144 valence electrons. The van der Waals surface area contributed by atoms with Crippen LogP contribution in [0.1, 0.15) is 23.9 Å². The molecule has 2 unspecified atom stereocenters. The highest BCUT2D eigenvalue weighted by molar-refractivity contribution is 5.98. The number of anilines is 1. The second-order valence-electron chi connectivity index (χ2n) is 6.63. The van der Waals surface area contributed by atoms with Crippen molar-refractivity contribution < 1.29 is 13.2 Å². The topological polar surface area (TPSA) is 89.3 Å². The monoisotopic (exact) mass is 380 g/mol. The van der Waals surface area contributed by atoms with Crippen LogP contribution in [-0.2, 0) is 6.54 Å². The van der Waals surface area contributed by atoms with E-state index in [1.807, 2.05) is 28.6 Å². The van der Waals surface area contributed by atoms with Gasteiger partial charge < -0.3 is 16.0 Å². The number of aliphatic imine (C=N–C) groups is 1. The SMILES string of the molecule is Cc1nn(C2CCn3nccc32)cc1NC1N=C(N)C(C(F)(F)F)=CN1C. The molecule has 4 rings (SSSR count). The minimum absolute atomic E-state index is 0.0798. The number of aromatic nitrogens is 4. The number of hydrogen-bond donors (Lipinski definition) is 2. The zero-order valence-corrected chi connectivity index (χ0v) is 14.8. The summed E-state index contributed by atoms with van der Waals surface area (Å²) in [4.78, 5) is 5.29. The highest BCUT2D eigenvalue weighted by Gasteiger charge is 2.39. The first kappa shape index (κ1) is 17.4. The maximum Gasteiger partial charge on any atom is 0.421 e. The summed E-state index contributed by atoms with van der Waals surface area (Å²) >= 11 is 0. The Balaban J connectivity index is 1.55. The minimum atomic E-state index is -4.54. The molecular weight excluding hydrogens is 361 g/mol. The van der Waals surface area contributed by atoms with Gasteiger partial charge in [0.2, 0.25) is 0 Å². The first-order valence-electron chi connectivity index (χ1n) is 8.42. The second kappa shape index (κ2) is 6.03. The van der Waals surface area contributed by atoms with Gasteiger partial charge in [-0.1, -0.05) is 0 Å². The number of nitrogens with one attached hydrogen (secondary N) is 1. The van der Waals surface area contributed by atoms with Crippen molar-refractivity contribution in [3.63, 3.8) is 0 Å². The third kappa shape index (κ3) is 3.02. The third-order valence-corrected chi connectivity index (χ3v) is 4.79. The van der Waals surface area contributed by atoms with Gasteiger partial charge in [-0.2, -0.15) is 23.4 Å². The molecule has 0 fully saturated rings. The fourth-order valence-corrected chi connectivity index (χ4v) is 3.38. The molecule has 8 nitrogen and oxygen atoms in total. The van der Waals surface area contributed by atoms with Crippen LogP contribution < -0.4 is 11.1 Å². The number of alkyl halides is 3. The Bertz CT molecular complexity index is 922. The molecule has 0 aliphatic carbocycles. The second-order valence-corrected chi connectivity index (χ2v) is 6.63. The first-order valence-corrected chi connectivity index (χ1v) is 8.42. The van der Waals surface area contributed by atoms with Gasteiger partial charge in [0.05, 0.1) is 23.1 Å². The van der Waals surface area contributed by atoms with Crippen LogP contribution in [0.2, 0.25) is 0 Å². The predicted molar refractivity (Wildman–Crippen MR) is 92.9 cm³/mol. The summed E-state index contributed by atoms with van der Waals surface area (Å²) in [5.74, 6) is -0.539. The number of nitrogens with two attached hydrogens (primary N) is 1. The maximum absolute atomic E-state index is 13.0. The molecule has 0 spiro atoms. The van der Waals surface area contributed by atoms with Crippen LogP contribution in [0.15, 0.2) is 35.2 Å². The largest absolute Gasteiger partial charge is 0.421 e. The van der Waals surface area contributed by atoms with Crippen molar-refractivity contribution in [1.82, 2.24) is 24.5 Å². The van der Waals surface area contributed by atoms with Gasteiger partial charge in [-0.25, -0.2) is 4.99 Å². The van der Waals surface area contributed by atoms with E-state index in [0.717, 1.165) is 30.6 Å². The summed E-state index contributed by atoms with van der Waals surface area (Å²) in [6, 6.07) is 2.04. The number of aryl methyl sites for hydroxylation is 2. The fraction of sp³-hybridized carbons (Fsp3) is 0.438. The lowest BCUT2D eigenvalue weighted by Crippen LogP contribution is -2.42. The molecule has 0 bridgehead atoms. The molecular formula is C16H19F3N8. The standard InChI is InChI=1S/C16H19F3N8/c1-9-11(8-27(24-9)13-4-6-26-12(13)3-5-21-26)22-15-23-14(20)10(7-25(15)2)16(17,18)19/h3,5,7-8,13,15,22H,4,6H2,1-2H3,(H2,20,23). The third-order valence-electron chi connectivity index (χ3n) is 4.79. The van der Waals surface area contributed by atoms with Gasteiger partial charge in [0, 0.05) is 32.2 Å². The van der Waals surface area contributed by atoms with Gasteiger partial charge >= 0.3 is 6.18 Å². The van der Waals surface area contributed by atoms with Crippen LogP contribution in [0.5, 0.6) is 0 Å². The van der Waals surface area contributed by atoms with Gasteiger partial charge in [-0.15, -0.1) is 0 Å². The summed E-state index contributed by atoms with van der Waals surface area (Å²) in [6.45, 7) is 2.66. The molecule has 0 amide bonds. The molecule has 0 radical (unpaired) electrons. The Morgan fingerprint density at radius 1 is 1.33 bits per heavy atom. The zero-order valence-electron chi connectivity index (χ0n) is 14.8. The van der Waals surface area contributed by atoms with Crippen LogP contribution >= 0.6 is 0 Å². The van der Waals surface area contributed by atoms with Crippen molar-refractivity contribution in [2.45, 2.75) is 38.4 Å². The minimum Gasteiger partial charge on any atom is -0.383 e. The summed E-state index contributed by atoms with van der Waals surface area (Å²) in [6.07, 6.45) is 0.146. The lowest BCUT2D eigenvalue weighted by atomic mass is 10.2. The van der Waals surface area contributed by atoms with Crippen molar-refractivity contribution in [3.8, 4) is 0 Å². The number of fused-ring (bicyclic) bond motifs is 1. The number of halogens is 3. The number of rotatable bonds is 3. The molecule has 3 N–H and O–H groups in total. The van der Waals surface area contributed by atoms with Gasteiger partial charge in [0.25, 0.3) is 0 Å². The van der Waals surface area contributed by atoms with Crippen molar-refractivity contribution in [2.75, 3.05) is 12.4 Å². The normalized spacial score (nSPS) is 22.5. The molecule has 0 saturated carbocycles. The molecule has 2 aromatic rings. The van der Waals surface area contributed by atoms with Crippen LogP contribution in [-0.4, -0.2) is 49.8 Å². The van der Waals surface area contributed by atoms with Gasteiger partial charge in [-0.3, -0.25) is 9.36 Å². The highest BCUT2D eigenvalue weighted by atomic mass is 19.4. The summed E-state index contributed by atoms with van der Waals surface area (Å²) in [5.41, 5.74) is 7.06. The van der Waals surface area contributed by atoms with E-state index >= 15 is 0 Å². The Kier molecular flexibility index (Phi) is 3.89. The maximum atomic E-state index is 13.0. The summed E-state index contributed by atoms with van der Waals surface area (Å²) < 4.78 is 42.7. The first-order chi connectivity index (χ1) is 12.7. The van der Waals surface area contributed by atoms with Crippen molar-refractivity contribution in [2.24, 2.45) is 10.7 Å². The molecule has 2 atom stereocenters. The van der Waals surface area contributed by atoms with Crippen molar-refractivity contribution in [3.05, 3.63) is 41.6 Å². The molecule has 2 aliphatic heterocycles. The lowest BCUT2D eigenvalue weighted by molar-refractivity contribution is -0.0877. The molecule has 0 saturated heterocycles. The Morgan fingerprint density at radius 2 is 2.11 bits per heavy atom. The van der Waals surface area contributed by atoms with Crippen LogP contribution in [0, 0.1) is 6.92 Å². The Hall–Kier alpha value is -2.98. The quantitative estimate of drug-likeness (QED) is 0.848. The van der Waals surface area contributed by atoms with Crippen LogP contribution in [0.25, 0.3) is 0 Å².